The Hall–Kier alpha value is -2.39. The summed E-state index contributed by atoms with van der Waals surface area (Å²) in [6, 6.07) is 11.4. The highest BCUT2D eigenvalue weighted by molar-refractivity contribution is 9.10. The number of rotatable bonds is 6. The summed E-state index contributed by atoms with van der Waals surface area (Å²) in [6.07, 6.45) is 1.90. The largest absolute Gasteiger partial charge is 0.332 e. The van der Waals surface area contributed by atoms with E-state index in [1.807, 2.05) is 24.5 Å². The fraction of sp³-hybridized carbons (Fsp3) is 0.176. The van der Waals surface area contributed by atoms with Gasteiger partial charge in [-0.15, -0.1) is 11.8 Å². The van der Waals surface area contributed by atoms with Crippen molar-refractivity contribution in [2.24, 2.45) is 0 Å². The summed E-state index contributed by atoms with van der Waals surface area (Å²) in [5.74, 6) is -0.831. The molecule has 7 nitrogen and oxygen atoms in total. The zero-order valence-electron chi connectivity index (χ0n) is 14.1. The van der Waals surface area contributed by atoms with E-state index in [9.17, 15) is 19.7 Å². The van der Waals surface area contributed by atoms with E-state index in [0.717, 1.165) is 4.90 Å². The minimum absolute atomic E-state index is 0.139. The molecule has 1 N–H and O–H groups in total. The lowest BCUT2D eigenvalue weighted by atomic mass is 10.2. The van der Waals surface area contributed by atoms with Crippen molar-refractivity contribution in [3.63, 3.8) is 0 Å². The maximum Gasteiger partial charge on any atom is 0.284 e. The van der Waals surface area contributed by atoms with Crippen molar-refractivity contribution < 1.29 is 14.5 Å². The van der Waals surface area contributed by atoms with Gasteiger partial charge in [0.2, 0.25) is 5.91 Å². The molecule has 2 aromatic rings. The van der Waals surface area contributed by atoms with E-state index in [-0.39, 0.29) is 28.2 Å². The van der Waals surface area contributed by atoms with Crippen LogP contribution in [0.25, 0.3) is 0 Å². The average molecular weight is 438 g/mol. The second-order valence-corrected chi connectivity index (χ2v) is 7.04. The Balaban J connectivity index is 2.08. The number of carbonyl (C=O) groups is 2. The van der Waals surface area contributed by atoms with E-state index in [1.165, 1.54) is 41.9 Å². The second kappa shape index (κ2) is 8.81. The molecule has 2 rings (SSSR count). The van der Waals surface area contributed by atoms with Crippen LogP contribution in [0.5, 0.6) is 0 Å². The van der Waals surface area contributed by atoms with Crippen LogP contribution in [0.2, 0.25) is 0 Å². The fourth-order valence-corrected chi connectivity index (χ4v) is 3.18. The average Bonchev–Trinajstić information content (AvgIpc) is 2.61. The molecule has 0 saturated heterocycles. The number of nitrogens with zero attached hydrogens (tertiary/aromatic N) is 2. The van der Waals surface area contributed by atoms with Crippen LogP contribution >= 0.6 is 27.7 Å². The van der Waals surface area contributed by atoms with Crippen LogP contribution in [0.1, 0.15) is 10.4 Å². The van der Waals surface area contributed by atoms with Crippen molar-refractivity contribution >= 4 is 50.9 Å². The SMILES string of the molecule is CSc1ccccc1NC(=O)CN(C)C(=O)c1ccc(Br)c([N+](=O)[O-])c1. The fourth-order valence-electron chi connectivity index (χ4n) is 2.23. The van der Waals surface area contributed by atoms with Gasteiger partial charge in [-0.2, -0.15) is 0 Å². The summed E-state index contributed by atoms with van der Waals surface area (Å²) >= 11 is 4.58. The van der Waals surface area contributed by atoms with Gasteiger partial charge in [0.1, 0.15) is 0 Å². The molecule has 0 aliphatic carbocycles. The van der Waals surface area contributed by atoms with E-state index in [2.05, 4.69) is 21.2 Å². The second-order valence-electron chi connectivity index (χ2n) is 5.33. The highest BCUT2D eigenvalue weighted by Crippen LogP contribution is 2.26. The van der Waals surface area contributed by atoms with Crippen LogP contribution in [-0.2, 0) is 4.79 Å². The molecule has 0 aromatic heterocycles. The number of nitro groups is 1. The van der Waals surface area contributed by atoms with Gasteiger partial charge >= 0.3 is 0 Å². The quantitative estimate of drug-likeness (QED) is 0.421. The standard InChI is InChI=1S/C17H16BrN3O4S/c1-20(10-16(22)19-13-5-3-4-6-15(13)26-2)17(23)11-7-8-12(18)14(9-11)21(24)25/h3-9H,10H2,1-2H3,(H,19,22). The van der Waals surface area contributed by atoms with Crippen molar-refractivity contribution in [3.8, 4) is 0 Å². The molecule has 0 unspecified atom stereocenters. The number of hydrogen-bond donors (Lipinski definition) is 1. The van der Waals surface area contributed by atoms with Gasteiger partial charge in [-0.25, -0.2) is 0 Å². The summed E-state index contributed by atoms with van der Waals surface area (Å²) in [7, 11) is 1.47. The molecule has 0 bridgehead atoms. The number of benzene rings is 2. The molecule has 0 heterocycles. The maximum atomic E-state index is 12.4. The third-order valence-electron chi connectivity index (χ3n) is 3.50. The molecule has 2 amide bonds. The predicted octanol–water partition coefficient (Wildman–Crippen LogP) is 3.79. The molecule has 2 aromatic carbocycles. The Labute approximate surface area is 163 Å². The Morgan fingerprint density at radius 2 is 1.96 bits per heavy atom. The van der Waals surface area contributed by atoms with Crippen LogP contribution in [0.4, 0.5) is 11.4 Å². The van der Waals surface area contributed by atoms with Gasteiger partial charge in [-0.3, -0.25) is 19.7 Å². The van der Waals surface area contributed by atoms with E-state index in [1.54, 1.807) is 6.07 Å². The molecule has 0 aliphatic rings. The zero-order chi connectivity index (χ0) is 19.3. The van der Waals surface area contributed by atoms with Gasteiger partial charge in [0.25, 0.3) is 11.6 Å². The number of para-hydroxylation sites is 1. The van der Waals surface area contributed by atoms with Crippen LogP contribution < -0.4 is 5.32 Å². The van der Waals surface area contributed by atoms with Crippen LogP contribution in [0, 0.1) is 10.1 Å². The number of thioether (sulfide) groups is 1. The minimum Gasteiger partial charge on any atom is -0.332 e. The monoisotopic (exact) mass is 437 g/mol. The number of likely N-dealkylation sites (N-methyl/N-ethyl adjacent to an activating group) is 1. The van der Waals surface area contributed by atoms with Gasteiger partial charge < -0.3 is 10.2 Å². The van der Waals surface area contributed by atoms with Crippen LogP contribution in [-0.4, -0.2) is 41.5 Å². The van der Waals surface area contributed by atoms with Gasteiger partial charge in [0.05, 0.1) is 21.6 Å². The third-order valence-corrected chi connectivity index (χ3v) is 4.96. The summed E-state index contributed by atoms with van der Waals surface area (Å²) in [6.45, 7) is -0.175. The molecule has 0 atom stereocenters. The van der Waals surface area contributed by atoms with Gasteiger partial charge in [-0.05, 0) is 46.5 Å². The Bertz CT molecular complexity index is 860. The lowest BCUT2D eigenvalue weighted by molar-refractivity contribution is -0.385. The van der Waals surface area contributed by atoms with E-state index < -0.39 is 10.8 Å². The molecular weight excluding hydrogens is 422 g/mol. The summed E-state index contributed by atoms with van der Waals surface area (Å²) in [5.41, 5.74) is 0.604. The number of anilines is 1. The molecule has 9 heteroatoms. The molecule has 0 aliphatic heterocycles. The summed E-state index contributed by atoms with van der Waals surface area (Å²) in [5, 5.41) is 13.8. The molecule has 0 spiro atoms. The van der Waals surface area contributed by atoms with Gasteiger partial charge in [0.15, 0.2) is 0 Å². The number of halogens is 1. The smallest absolute Gasteiger partial charge is 0.284 e. The van der Waals surface area contributed by atoms with Crippen molar-refractivity contribution in [2.75, 3.05) is 25.2 Å². The molecule has 136 valence electrons. The van der Waals surface area contributed by atoms with E-state index in [0.29, 0.717) is 5.69 Å². The third kappa shape index (κ3) is 4.83. The van der Waals surface area contributed by atoms with E-state index in [4.69, 9.17) is 0 Å². The molecule has 0 radical (unpaired) electrons. The number of nitrogens with one attached hydrogen (secondary N) is 1. The topological polar surface area (TPSA) is 92.6 Å². The molecular formula is C17H16BrN3O4S. The number of nitro benzene ring substituents is 1. The van der Waals surface area contributed by atoms with Crippen molar-refractivity contribution in [1.82, 2.24) is 4.90 Å². The number of amides is 2. The van der Waals surface area contributed by atoms with Crippen molar-refractivity contribution in [3.05, 3.63) is 62.6 Å². The zero-order valence-corrected chi connectivity index (χ0v) is 16.5. The first-order chi connectivity index (χ1) is 12.3. The van der Waals surface area contributed by atoms with Crippen LogP contribution in [0.15, 0.2) is 51.8 Å². The lowest BCUT2D eigenvalue weighted by Crippen LogP contribution is -2.35. The number of hydrogen-bond acceptors (Lipinski definition) is 5. The molecule has 0 fully saturated rings. The first-order valence-corrected chi connectivity index (χ1v) is 9.47. The highest BCUT2D eigenvalue weighted by Gasteiger charge is 2.20. The predicted molar refractivity (Wildman–Crippen MR) is 105 cm³/mol. The van der Waals surface area contributed by atoms with E-state index >= 15 is 0 Å². The Morgan fingerprint density at radius 1 is 1.27 bits per heavy atom. The molecule has 26 heavy (non-hydrogen) atoms. The Kier molecular flexibility index (Phi) is 6.76. The number of carbonyl (C=O) groups excluding carboxylic acids is 2. The van der Waals surface area contributed by atoms with Crippen molar-refractivity contribution in [1.29, 1.82) is 0 Å². The normalized spacial score (nSPS) is 10.3. The Morgan fingerprint density at radius 3 is 2.62 bits per heavy atom. The van der Waals surface area contributed by atoms with Gasteiger partial charge in [-0.1, -0.05) is 12.1 Å². The molecule has 0 saturated carbocycles. The highest BCUT2D eigenvalue weighted by atomic mass is 79.9. The first-order valence-electron chi connectivity index (χ1n) is 7.45. The van der Waals surface area contributed by atoms with Crippen molar-refractivity contribution in [2.45, 2.75) is 4.90 Å². The summed E-state index contributed by atoms with van der Waals surface area (Å²) < 4.78 is 0.285. The van der Waals surface area contributed by atoms with Crippen LogP contribution in [0.3, 0.4) is 0 Å². The minimum atomic E-state index is -0.576. The maximum absolute atomic E-state index is 12.4. The van der Waals surface area contributed by atoms with Gasteiger partial charge in [0, 0.05) is 23.6 Å². The summed E-state index contributed by atoms with van der Waals surface area (Å²) in [4.78, 5) is 37.2. The first kappa shape index (κ1) is 19.9. The lowest BCUT2D eigenvalue weighted by Gasteiger charge is -2.17.